The summed E-state index contributed by atoms with van der Waals surface area (Å²) in [6.07, 6.45) is 1.79. The van der Waals surface area contributed by atoms with Crippen molar-refractivity contribution in [2.24, 2.45) is 4.99 Å². The van der Waals surface area contributed by atoms with E-state index in [2.05, 4.69) is 20.9 Å². The molecule has 0 atom stereocenters. The smallest absolute Gasteiger partial charge is 0.266 e. The first-order valence-corrected chi connectivity index (χ1v) is 9.51. The Hall–Kier alpha value is -2.69. The summed E-state index contributed by atoms with van der Waals surface area (Å²) < 4.78 is 0.881. The van der Waals surface area contributed by atoms with Gasteiger partial charge in [0.15, 0.2) is 0 Å². The van der Waals surface area contributed by atoms with Gasteiger partial charge in [-0.25, -0.2) is 4.99 Å². The van der Waals surface area contributed by atoms with Crippen LogP contribution < -0.4 is 4.90 Å². The number of hydrogen-bond acceptors (Lipinski definition) is 2. The van der Waals surface area contributed by atoms with Gasteiger partial charge in [0.25, 0.3) is 5.91 Å². The van der Waals surface area contributed by atoms with Crippen molar-refractivity contribution >= 4 is 51.0 Å². The van der Waals surface area contributed by atoms with Crippen LogP contribution >= 0.6 is 27.5 Å². The van der Waals surface area contributed by atoms with Crippen molar-refractivity contribution in [2.45, 2.75) is 0 Å². The number of aliphatic imine (C=N–C) groups is 1. The Morgan fingerprint density at radius 1 is 0.926 bits per heavy atom. The van der Waals surface area contributed by atoms with Gasteiger partial charge >= 0.3 is 0 Å². The van der Waals surface area contributed by atoms with E-state index in [1.807, 2.05) is 72.8 Å². The summed E-state index contributed by atoms with van der Waals surface area (Å²) in [6.45, 7) is 0. The maximum Gasteiger partial charge on any atom is 0.282 e. The van der Waals surface area contributed by atoms with Crippen molar-refractivity contribution < 1.29 is 4.79 Å². The monoisotopic (exact) mass is 436 g/mol. The van der Waals surface area contributed by atoms with E-state index >= 15 is 0 Å². The second kappa shape index (κ2) is 7.51. The second-order valence-electron chi connectivity index (χ2n) is 5.98. The van der Waals surface area contributed by atoms with E-state index in [4.69, 9.17) is 11.6 Å². The zero-order chi connectivity index (χ0) is 18.8. The number of rotatable bonds is 3. The van der Waals surface area contributed by atoms with E-state index in [1.165, 1.54) is 0 Å². The predicted molar refractivity (Wildman–Crippen MR) is 114 cm³/mol. The molecular formula is C22H14BrClN2O. The number of halogens is 2. The molecule has 0 aromatic heterocycles. The fourth-order valence-corrected chi connectivity index (χ4v) is 3.51. The quantitative estimate of drug-likeness (QED) is 0.467. The minimum atomic E-state index is -0.188. The van der Waals surface area contributed by atoms with Crippen LogP contribution in [-0.4, -0.2) is 11.7 Å². The molecule has 0 unspecified atom stereocenters. The Morgan fingerprint density at radius 3 is 2.41 bits per heavy atom. The summed E-state index contributed by atoms with van der Waals surface area (Å²) in [4.78, 5) is 19.4. The average molecular weight is 438 g/mol. The number of carbonyl (C=O) groups excluding carboxylic acids is 1. The van der Waals surface area contributed by atoms with Crippen molar-refractivity contribution in [3.63, 3.8) is 0 Å². The molecule has 0 bridgehead atoms. The Bertz CT molecular complexity index is 1080. The third-order valence-electron chi connectivity index (χ3n) is 4.14. The summed E-state index contributed by atoms with van der Waals surface area (Å²) in [5, 5.41) is 0.546. The maximum absolute atomic E-state index is 13.2. The van der Waals surface area contributed by atoms with Crippen LogP contribution in [0.4, 0.5) is 5.69 Å². The molecule has 5 heteroatoms. The van der Waals surface area contributed by atoms with E-state index in [9.17, 15) is 4.79 Å². The molecule has 1 heterocycles. The molecular weight excluding hydrogens is 424 g/mol. The predicted octanol–water partition coefficient (Wildman–Crippen LogP) is 5.94. The van der Waals surface area contributed by atoms with Crippen LogP contribution in [-0.2, 0) is 4.79 Å². The van der Waals surface area contributed by atoms with Gasteiger partial charge in [-0.3, -0.25) is 9.69 Å². The lowest BCUT2D eigenvalue weighted by atomic mass is 10.1. The van der Waals surface area contributed by atoms with Gasteiger partial charge in [0.2, 0.25) is 0 Å². The van der Waals surface area contributed by atoms with Crippen molar-refractivity contribution in [3.8, 4) is 0 Å². The zero-order valence-electron chi connectivity index (χ0n) is 14.1. The second-order valence-corrected chi connectivity index (χ2v) is 7.30. The maximum atomic E-state index is 13.2. The van der Waals surface area contributed by atoms with Crippen LogP contribution in [0.15, 0.2) is 94.0 Å². The molecule has 0 aliphatic carbocycles. The van der Waals surface area contributed by atoms with Gasteiger partial charge in [0, 0.05) is 10.0 Å². The first-order chi connectivity index (χ1) is 13.1. The molecule has 0 spiro atoms. The molecule has 0 fully saturated rings. The summed E-state index contributed by atoms with van der Waals surface area (Å²) >= 11 is 9.87. The number of amides is 1. The lowest BCUT2D eigenvalue weighted by molar-refractivity contribution is -0.113. The van der Waals surface area contributed by atoms with Gasteiger partial charge in [0.1, 0.15) is 11.5 Å². The number of carbonyl (C=O) groups is 1. The fraction of sp³-hybridized carbons (Fsp3) is 0. The lowest BCUT2D eigenvalue weighted by Gasteiger charge is -2.19. The molecule has 3 aromatic carbocycles. The Kier molecular flexibility index (Phi) is 4.92. The largest absolute Gasteiger partial charge is 0.282 e. The molecule has 3 nitrogen and oxygen atoms in total. The number of nitrogens with zero attached hydrogens (tertiary/aromatic N) is 2. The van der Waals surface area contributed by atoms with Gasteiger partial charge < -0.3 is 0 Å². The summed E-state index contributed by atoms with van der Waals surface area (Å²) in [7, 11) is 0. The number of anilines is 1. The van der Waals surface area contributed by atoms with Gasteiger partial charge in [0.05, 0.1) is 10.7 Å². The van der Waals surface area contributed by atoms with E-state index in [1.54, 1.807) is 17.0 Å². The molecule has 1 amide bonds. The van der Waals surface area contributed by atoms with Gasteiger partial charge in [-0.15, -0.1) is 0 Å². The molecule has 0 radical (unpaired) electrons. The van der Waals surface area contributed by atoms with Gasteiger partial charge in [-0.1, -0.05) is 76.1 Å². The summed E-state index contributed by atoms with van der Waals surface area (Å²) in [5.74, 6) is 0.331. The first-order valence-electron chi connectivity index (χ1n) is 8.34. The van der Waals surface area contributed by atoms with Crippen LogP contribution in [0.5, 0.6) is 0 Å². The minimum absolute atomic E-state index is 0.188. The highest BCUT2D eigenvalue weighted by molar-refractivity contribution is 9.10. The summed E-state index contributed by atoms with van der Waals surface area (Å²) in [5.41, 5.74) is 2.73. The van der Waals surface area contributed by atoms with Crippen molar-refractivity contribution in [1.29, 1.82) is 0 Å². The minimum Gasteiger partial charge on any atom is -0.266 e. The molecule has 0 saturated heterocycles. The van der Waals surface area contributed by atoms with Crippen LogP contribution in [0, 0.1) is 0 Å². The number of amidine groups is 1. The van der Waals surface area contributed by atoms with Gasteiger partial charge in [-0.2, -0.15) is 0 Å². The third kappa shape index (κ3) is 3.59. The van der Waals surface area contributed by atoms with Crippen LogP contribution in [0.2, 0.25) is 5.02 Å². The van der Waals surface area contributed by atoms with E-state index in [-0.39, 0.29) is 5.91 Å². The Balaban J connectivity index is 1.87. The van der Waals surface area contributed by atoms with Gasteiger partial charge in [-0.05, 0) is 42.0 Å². The van der Waals surface area contributed by atoms with Crippen LogP contribution in [0.3, 0.4) is 0 Å². The molecule has 0 saturated carbocycles. The van der Waals surface area contributed by atoms with Crippen LogP contribution in [0.25, 0.3) is 6.08 Å². The molecule has 27 heavy (non-hydrogen) atoms. The van der Waals surface area contributed by atoms with Crippen molar-refractivity contribution in [3.05, 3.63) is 105 Å². The molecule has 4 rings (SSSR count). The molecule has 1 aliphatic rings. The normalized spacial score (nSPS) is 15.3. The SMILES string of the molecule is O=C1/C(=C\c2ccccc2)N=C(c2ccccc2Cl)N1c1cccc(Br)c1. The molecule has 1 aliphatic heterocycles. The van der Waals surface area contributed by atoms with Crippen molar-refractivity contribution in [2.75, 3.05) is 4.90 Å². The Labute approximate surface area is 170 Å². The van der Waals surface area contributed by atoms with E-state index in [0.717, 1.165) is 15.7 Å². The van der Waals surface area contributed by atoms with Crippen LogP contribution in [0.1, 0.15) is 11.1 Å². The fourth-order valence-electron chi connectivity index (χ4n) is 2.90. The molecule has 0 N–H and O–H groups in total. The topological polar surface area (TPSA) is 32.7 Å². The lowest BCUT2D eigenvalue weighted by Crippen LogP contribution is -2.32. The Morgan fingerprint density at radius 2 is 1.67 bits per heavy atom. The summed E-state index contributed by atoms with van der Waals surface area (Å²) in [6, 6.07) is 24.6. The van der Waals surface area contributed by atoms with E-state index < -0.39 is 0 Å². The number of benzene rings is 3. The third-order valence-corrected chi connectivity index (χ3v) is 4.97. The zero-order valence-corrected chi connectivity index (χ0v) is 16.5. The highest BCUT2D eigenvalue weighted by Crippen LogP contribution is 2.31. The average Bonchev–Trinajstić information content (AvgIpc) is 2.99. The standard InChI is InChI=1S/C22H14BrClN2O/c23-16-9-6-10-17(14-16)26-21(18-11-4-5-12-19(18)24)25-20(22(26)27)13-15-7-2-1-3-8-15/h1-14H/b20-13+. The molecule has 132 valence electrons. The number of hydrogen-bond donors (Lipinski definition) is 0. The molecule has 3 aromatic rings. The highest BCUT2D eigenvalue weighted by atomic mass is 79.9. The first kappa shape index (κ1) is 17.7. The highest BCUT2D eigenvalue weighted by Gasteiger charge is 2.33. The van der Waals surface area contributed by atoms with E-state index in [0.29, 0.717) is 22.1 Å². The van der Waals surface area contributed by atoms with Crippen molar-refractivity contribution in [1.82, 2.24) is 0 Å².